The highest BCUT2D eigenvalue weighted by Gasteiger charge is 2.25. The molecule has 1 saturated heterocycles. The molecule has 0 aromatic carbocycles. The van der Waals surface area contributed by atoms with Crippen LogP contribution in [0, 0.1) is 0 Å². The molecule has 0 aliphatic carbocycles. The first-order chi connectivity index (χ1) is 12.3. The number of imidazole rings is 1. The second-order valence-electron chi connectivity index (χ2n) is 6.36. The molecule has 1 aliphatic heterocycles. The Hall–Kier alpha value is -2.96. The van der Waals surface area contributed by atoms with Crippen LogP contribution in [0.4, 0.5) is 11.6 Å². The normalized spacial score (nSPS) is 17.6. The monoisotopic (exact) mass is 335 g/mol. The third-order valence-corrected chi connectivity index (χ3v) is 4.63. The lowest BCUT2D eigenvalue weighted by atomic mass is 9.97. The SMILES string of the molecule is Nc1cc(N2CCCC(c3nccn3Cc3ccncc3)C2)ncn1. The molecule has 1 unspecified atom stereocenters. The molecule has 1 aliphatic rings. The number of hydrogen-bond donors (Lipinski definition) is 1. The first-order valence-electron chi connectivity index (χ1n) is 8.52. The van der Waals surface area contributed by atoms with E-state index >= 15 is 0 Å². The number of nitrogens with zero attached hydrogens (tertiary/aromatic N) is 6. The van der Waals surface area contributed by atoms with Gasteiger partial charge in [0.25, 0.3) is 0 Å². The van der Waals surface area contributed by atoms with Crippen LogP contribution < -0.4 is 10.6 Å². The zero-order chi connectivity index (χ0) is 17.1. The molecule has 25 heavy (non-hydrogen) atoms. The molecular weight excluding hydrogens is 314 g/mol. The van der Waals surface area contributed by atoms with Crippen molar-refractivity contribution in [1.82, 2.24) is 24.5 Å². The van der Waals surface area contributed by atoms with Gasteiger partial charge < -0.3 is 15.2 Å². The van der Waals surface area contributed by atoms with Gasteiger partial charge in [-0.25, -0.2) is 15.0 Å². The first kappa shape index (κ1) is 15.6. The van der Waals surface area contributed by atoms with Crippen LogP contribution in [-0.2, 0) is 6.54 Å². The average molecular weight is 335 g/mol. The van der Waals surface area contributed by atoms with Crippen molar-refractivity contribution in [2.45, 2.75) is 25.3 Å². The molecule has 1 atom stereocenters. The molecule has 0 saturated carbocycles. The van der Waals surface area contributed by atoms with E-state index in [0.717, 1.165) is 44.1 Å². The van der Waals surface area contributed by atoms with Gasteiger partial charge in [0.1, 0.15) is 23.8 Å². The van der Waals surface area contributed by atoms with E-state index in [-0.39, 0.29) is 0 Å². The molecule has 0 bridgehead atoms. The molecule has 3 aromatic heterocycles. The van der Waals surface area contributed by atoms with E-state index in [4.69, 9.17) is 5.73 Å². The number of pyridine rings is 1. The zero-order valence-electron chi connectivity index (χ0n) is 14.0. The molecule has 1 fully saturated rings. The van der Waals surface area contributed by atoms with Gasteiger partial charge in [-0.05, 0) is 30.5 Å². The van der Waals surface area contributed by atoms with Crippen molar-refractivity contribution in [3.63, 3.8) is 0 Å². The van der Waals surface area contributed by atoms with E-state index in [2.05, 4.69) is 35.6 Å². The van der Waals surface area contributed by atoms with Gasteiger partial charge in [0.15, 0.2) is 0 Å². The third-order valence-electron chi connectivity index (χ3n) is 4.63. The Kier molecular flexibility index (Phi) is 4.28. The van der Waals surface area contributed by atoms with E-state index in [1.165, 1.54) is 11.9 Å². The van der Waals surface area contributed by atoms with Gasteiger partial charge in [-0.15, -0.1) is 0 Å². The summed E-state index contributed by atoms with van der Waals surface area (Å²) in [6.45, 7) is 2.69. The van der Waals surface area contributed by atoms with E-state index in [0.29, 0.717) is 11.7 Å². The van der Waals surface area contributed by atoms with Crippen molar-refractivity contribution in [2.24, 2.45) is 0 Å². The maximum atomic E-state index is 5.81. The van der Waals surface area contributed by atoms with E-state index in [9.17, 15) is 0 Å². The number of nitrogen functional groups attached to an aromatic ring is 1. The van der Waals surface area contributed by atoms with E-state index < -0.39 is 0 Å². The van der Waals surface area contributed by atoms with Crippen LogP contribution in [-0.4, -0.2) is 37.6 Å². The topological polar surface area (TPSA) is 85.8 Å². The molecule has 7 heteroatoms. The van der Waals surface area contributed by atoms with E-state index in [1.54, 1.807) is 0 Å². The second kappa shape index (κ2) is 6.88. The summed E-state index contributed by atoms with van der Waals surface area (Å²) >= 11 is 0. The highest BCUT2D eigenvalue weighted by molar-refractivity contribution is 5.46. The van der Waals surface area contributed by atoms with Crippen molar-refractivity contribution < 1.29 is 0 Å². The molecule has 0 spiro atoms. The van der Waals surface area contributed by atoms with Gasteiger partial charge in [0.2, 0.25) is 0 Å². The lowest BCUT2D eigenvalue weighted by molar-refractivity contribution is 0.474. The molecule has 0 amide bonds. The number of nitrogens with two attached hydrogens (primary N) is 1. The second-order valence-corrected chi connectivity index (χ2v) is 6.36. The minimum absolute atomic E-state index is 0.377. The fourth-order valence-corrected chi connectivity index (χ4v) is 3.43. The molecule has 0 radical (unpaired) electrons. The third kappa shape index (κ3) is 3.45. The van der Waals surface area contributed by atoms with Crippen LogP contribution in [0.2, 0.25) is 0 Å². The summed E-state index contributed by atoms with van der Waals surface area (Å²) in [6.07, 6.45) is 11.4. The maximum absolute atomic E-state index is 5.81. The van der Waals surface area contributed by atoms with Crippen LogP contribution in [0.1, 0.15) is 30.1 Å². The summed E-state index contributed by atoms with van der Waals surface area (Å²) < 4.78 is 2.23. The fourth-order valence-electron chi connectivity index (χ4n) is 3.43. The van der Waals surface area contributed by atoms with Crippen molar-refractivity contribution in [3.05, 3.63) is 60.7 Å². The van der Waals surface area contributed by atoms with Crippen molar-refractivity contribution >= 4 is 11.6 Å². The average Bonchev–Trinajstić information content (AvgIpc) is 3.11. The van der Waals surface area contributed by atoms with Gasteiger partial charge in [-0.1, -0.05) is 0 Å². The molecular formula is C18H21N7. The Morgan fingerprint density at radius 3 is 2.84 bits per heavy atom. The summed E-state index contributed by atoms with van der Waals surface area (Å²) in [5, 5.41) is 0. The predicted molar refractivity (Wildman–Crippen MR) is 96.2 cm³/mol. The van der Waals surface area contributed by atoms with Crippen LogP contribution >= 0.6 is 0 Å². The number of rotatable bonds is 4. The lowest BCUT2D eigenvalue weighted by Gasteiger charge is -2.33. The van der Waals surface area contributed by atoms with E-state index in [1.807, 2.05) is 36.8 Å². The van der Waals surface area contributed by atoms with Crippen molar-refractivity contribution in [3.8, 4) is 0 Å². The number of piperidine rings is 1. The van der Waals surface area contributed by atoms with Gasteiger partial charge in [-0.2, -0.15) is 0 Å². The standard InChI is InChI=1S/C18H21N7/c19-16-10-17(23-13-22-16)24-8-1-2-15(12-24)18-21-7-9-25(18)11-14-3-5-20-6-4-14/h3-7,9-10,13,15H,1-2,8,11-12H2,(H2,19,22,23). The highest BCUT2D eigenvalue weighted by Crippen LogP contribution is 2.29. The largest absolute Gasteiger partial charge is 0.384 e. The number of aromatic nitrogens is 5. The smallest absolute Gasteiger partial charge is 0.134 e. The van der Waals surface area contributed by atoms with Gasteiger partial charge in [0.05, 0.1) is 0 Å². The van der Waals surface area contributed by atoms with Crippen LogP contribution in [0.3, 0.4) is 0 Å². The summed E-state index contributed by atoms with van der Waals surface area (Å²) in [6, 6.07) is 5.92. The summed E-state index contributed by atoms with van der Waals surface area (Å²) in [4.78, 5) is 19.4. The Morgan fingerprint density at radius 1 is 1.12 bits per heavy atom. The first-order valence-corrected chi connectivity index (χ1v) is 8.52. The van der Waals surface area contributed by atoms with Crippen molar-refractivity contribution in [1.29, 1.82) is 0 Å². The number of anilines is 2. The molecule has 2 N–H and O–H groups in total. The summed E-state index contributed by atoms with van der Waals surface area (Å²) in [7, 11) is 0. The summed E-state index contributed by atoms with van der Waals surface area (Å²) in [5.74, 6) is 2.90. The minimum Gasteiger partial charge on any atom is -0.384 e. The van der Waals surface area contributed by atoms with Crippen LogP contribution in [0.25, 0.3) is 0 Å². The molecule has 4 heterocycles. The van der Waals surface area contributed by atoms with Crippen LogP contribution in [0.5, 0.6) is 0 Å². The van der Waals surface area contributed by atoms with Crippen LogP contribution in [0.15, 0.2) is 49.3 Å². The quantitative estimate of drug-likeness (QED) is 0.786. The lowest BCUT2D eigenvalue weighted by Crippen LogP contribution is -2.36. The Labute approximate surface area is 146 Å². The fraction of sp³-hybridized carbons (Fsp3) is 0.333. The highest BCUT2D eigenvalue weighted by atomic mass is 15.2. The predicted octanol–water partition coefficient (Wildman–Crippen LogP) is 2.08. The summed E-state index contributed by atoms with van der Waals surface area (Å²) in [5.41, 5.74) is 7.03. The van der Waals surface area contributed by atoms with Gasteiger partial charge >= 0.3 is 0 Å². The minimum atomic E-state index is 0.377. The van der Waals surface area contributed by atoms with Gasteiger partial charge in [-0.3, -0.25) is 4.98 Å². The Morgan fingerprint density at radius 2 is 2.00 bits per heavy atom. The Balaban J connectivity index is 1.53. The Bertz CT molecular complexity index is 830. The van der Waals surface area contributed by atoms with Crippen molar-refractivity contribution in [2.75, 3.05) is 23.7 Å². The molecule has 3 aromatic rings. The number of hydrogen-bond acceptors (Lipinski definition) is 6. The maximum Gasteiger partial charge on any atom is 0.134 e. The molecule has 128 valence electrons. The molecule has 4 rings (SSSR count). The zero-order valence-corrected chi connectivity index (χ0v) is 14.0. The molecule has 7 nitrogen and oxygen atoms in total. The van der Waals surface area contributed by atoms with Gasteiger partial charge in [0, 0.05) is 56.4 Å².